The van der Waals surface area contributed by atoms with Gasteiger partial charge in [-0.2, -0.15) is 5.10 Å². The number of benzene rings is 3. The highest BCUT2D eigenvalue weighted by Gasteiger charge is 2.12. The van der Waals surface area contributed by atoms with Crippen molar-refractivity contribution in [3.63, 3.8) is 0 Å². The van der Waals surface area contributed by atoms with Crippen molar-refractivity contribution in [3.05, 3.63) is 135 Å². The fraction of sp³-hybridized carbons (Fsp3) is 0.176. The van der Waals surface area contributed by atoms with Gasteiger partial charge in [-0.25, -0.2) is 5.43 Å². The highest BCUT2D eigenvalue weighted by Crippen LogP contribution is 2.25. The molecule has 2 aromatic heterocycles. The SMILES string of the molecule is Cc1ccc(C)n1-c1ccc(OCc2ccc(C(=O)N/N=C/c3ccc(N(C)C)cc3OCc3ccc([N+](=O)[O-])cc3)o2)cc1. The second-order valence-electron chi connectivity index (χ2n) is 10.5. The number of nitrogens with zero attached hydrogens (tertiary/aromatic N) is 4. The van der Waals surface area contributed by atoms with E-state index in [1.54, 1.807) is 24.3 Å². The number of furan rings is 1. The molecule has 0 fully saturated rings. The van der Waals surface area contributed by atoms with E-state index in [1.807, 2.05) is 61.5 Å². The zero-order valence-corrected chi connectivity index (χ0v) is 25.4. The number of hydrogen-bond acceptors (Lipinski definition) is 8. The largest absolute Gasteiger partial charge is 0.488 e. The number of anilines is 1. The fourth-order valence-electron chi connectivity index (χ4n) is 4.62. The molecule has 0 radical (unpaired) electrons. The molecule has 0 atom stereocenters. The minimum absolute atomic E-state index is 0.0110. The second-order valence-corrected chi connectivity index (χ2v) is 10.5. The number of aryl methyl sites for hydroxylation is 2. The van der Waals surface area contributed by atoms with Crippen molar-refractivity contribution in [2.75, 3.05) is 19.0 Å². The number of carbonyl (C=O) groups is 1. The van der Waals surface area contributed by atoms with Gasteiger partial charge in [0.1, 0.15) is 30.5 Å². The Balaban J connectivity index is 1.17. The lowest BCUT2D eigenvalue weighted by Gasteiger charge is -2.16. The molecule has 0 unspecified atom stereocenters. The Bertz CT molecular complexity index is 1800. The zero-order valence-electron chi connectivity index (χ0n) is 25.4. The number of nitro groups is 1. The minimum atomic E-state index is -0.516. The molecule has 0 aliphatic heterocycles. The molecule has 3 aromatic carbocycles. The van der Waals surface area contributed by atoms with Crippen LogP contribution in [0.5, 0.6) is 11.5 Å². The molecule has 11 heteroatoms. The third-order valence-corrected chi connectivity index (χ3v) is 7.06. The molecule has 0 aliphatic carbocycles. The van der Waals surface area contributed by atoms with Gasteiger partial charge < -0.3 is 23.4 Å². The molecule has 45 heavy (non-hydrogen) atoms. The summed E-state index contributed by atoms with van der Waals surface area (Å²) in [6.07, 6.45) is 1.48. The third kappa shape index (κ3) is 7.57. The standard InChI is InChI=1S/C34H33N5O6/c1-23-5-6-24(2)38(23)27-13-15-30(16-14-27)43-22-31-17-18-32(45-31)34(40)36-35-20-26-9-12-29(37(3)4)19-33(26)44-21-25-7-10-28(11-8-25)39(41)42/h5-20H,21-22H2,1-4H3,(H,36,40)/b35-20+. The van der Waals surface area contributed by atoms with Crippen LogP contribution in [0.3, 0.4) is 0 Å². The van der Waals surface area contributed by atoms with Crippen LogP contribution in [0.1, 0.15) is 38.8 Å². The van der Waals surface area contributed by atoms with E-state index in [4.69, 9.17) is 13.9 Å². The molecular weight excluding hydrogens is 574 g/mol. The Kier molecular flexibility index (Phi) is 9.28. The molecule has 11 nitrogen and oxygen atoms in total. The third-order valence-electron chi connectivity index (χ3n) is 7.06. The first-order chi connectivity index (χ1) is 21.7. The lowest BCUT2D eigenvalue weighted by molar-refractivity contribution is -0.384. The molecule has 1 amide bonds. The first-order valence-electron chi connectivity index (χ1n) is 14.2. The predicted octanol–water partition coefficient (Wildman–Crippen LogP) is 6.58. The monoisotopic (exact) mass is 607 g/mol. The van der Waals surface area contributed by atoms with Gasteiger partial charge in [0.25, 0.3) is 5.69 Å². The first-order valence-corrected chi connectivity index (χ1v) is 14.2. The Morgan fingerprint density at radius 1 is 0.933 bits per heavy atom. The Labute approximate surface area is 260 Å². The number of nitro benzene ring substituents is 1. The van der Waals surface area contributed by atoms with Gasteiger partial charge >= 0.3 is 5.91 Å². The van der Waals surface area contributed by atoms with Crippen molar-refractivity contribution in [2.24, 2.45) is 5.10 Å². The molecule has 5 aromatic rings. The van der Waals surface area contributed by atoms with E-state index >= 15 is 0 Å². The van der Waals surface area contributed by atoms with Crippen molar-refractivity contribution < 1.29 is 23.6 Å². The Morgan fingerprint density at radius 3 is 2.31 bits per heavy atom. The van der Waals surface area contributed by atoms with Crippen LogP contribution in [0.2, 0.25) is 0 Å². The Morgan fingerprint density at radius 2 is 1.64 bits per heavy atom. The van der Waals surface area contributed by atoms with Crippen molar-refractivity contribution in [1.82, 2.24) is 9.99 Å². The van der Waals surface area contributed by atoms with Gasteiger partial charge in [-0.3, -0.25) is 14.9 Å². The molecule has 1 N–H and O–H groups in total. The normalized spacial score (nSPS) is 11.0. The maximum absolute atomic E-state index is 12.7. The summed E-state index contributed by atoms with van der Waals surface area (Å²) in [5, 5.41) is 15.0. The smallest absolute Gasteiger partial charge is 0.307 e. The maximum atomic E-state index is 12.7. The predicted molar refractivity (Wildman–Crippen MR) is 172 cm³/mol. The molecule has 0 aliphatic rings. The summed E-state index contributed by atoms with van der Waals surface area (Å²) in [6.45, 7) is 4.48. The van der Waals surface area contributed by atoms with E-state index < -0.39 is 10.8 Å². The summed E-state index contributed by atoms with van der Waals surface area (Å²) in [5.74, 6) is 1.28. The van der Waals surface area contributed by atoms with Gasteiger partial charge in [0.05, 0.1) is 11.1 Å². The van der Waals surface area contributed by atoms with E-state index in [-0.39, 0.29) is 24.7 Å². The number of hydrogen-bond donors (Lipinski definition) is 1. The molecule has 0 saturated carbocycles. The summed E-state index contributed by atoms with van der Waals surface area (Å²) in [7, 11) is 3.82. The first kappa shape index (κ1) is 30.6. The number of aromatic nitrogens is 1. The van der Waals surface area contributed by atoms with Gasteiger partial charge in [0.2, 0.25) is 0 Å². The number of rotatable bonds is 12. The number of hydrazone groups is 1. The lowest BCUT2D eigenvalue weighted by atomic mass is 10.2. The fourth-order valence-corrected chi connectivity index (χ4v) is 4.62. The number of non-ortho nitro benzene ring substituents is 1. The van der Waals surface area contributed by atoms with Crippen LogP contribution < -0.4 is 19.8 Å². The molecule has 2 heterocycles. The zero-order chi connectivity index (χ0) is 31.9. The molecule has 0 saturated heterocycles. The summed E-state index contributed by atoms with van der Waals surface area (Å²) < 4.78 is 19.7. The summed E-state index contributed by atoms with van der Waals surface area (Å²) in [5.41, 5.74) is 8.16. The summed E-state index contributed by atoms with van der Waals surface area (Å²) in [4.78, 5) is 25.1. The van der Waals surface area contributed by atoms with Gasteiger partial charge in [-0.1, -0.05) is 0 Å². The Hall–Kier alpha value is -5.84. The maximum Gasteiger partial charge on any atom is 0.307 e. The van der Waals surface area contributed by atoms with Gasteiger partial charge in [-0.05, 0) is 92.2 Å². The van der Waals surface area contributed by atoms with E-state index in [2.05, 4.69) is 41.1 Å². The van der Waals surface area contributed by atoms with Gasteiger partial charge in [0.15, 0.2) is 5.76 Å². The van der Waals surface area contributed by atoms with Crippen LogP contribution >= 0.6 is 0 Å². The van der Waals surface area contributed by atoms with Crippen molar-refractivity contribution in [3.8, 4) is 17.2 Å². The van der Waals surface area contributed by atoms with Crippen LogP contribution in [0.15, 0.2) is 101 Å². The number of nitrogens with one attached hydrogen (secondary N) is 1. The van der Waals surface area contributed by atoms with E-state index in [0.717, 1.165) is 28.3 Å². The topological polar surface area (TPSA) is 124 Å². The second kappa shape index (κ2) is 13.6. The van der Waals surface area contributed by atoms with Crippen molar-refractivity contribution in [2.45, 2.75) is 27.1 Å². The lowest BCUT2D eigenvalue weighted by Crippen LogP contribution is -2.17. The van der Waals surface area contributed by atoms with Crippen LogP contribution in [0.4, 0.5) is 11.4 Å². The average molecular weight is 608 g/mol. The molecule has 230 valence electrons. The van der Waals surface area contributed by atoms with Crippen LogP contribution in [-0.4, -0.2) is 35.7 Å². The average Bonchev–Trinajstić information content (AvgIpc) is 3.65. The summed E-state index contributed by atoms with van der Waals surface area (Å²) in [6, 6.07) is 26.9. The molecule has 0 bridgehead atoms. The van der Waals surface area contributed by atoms with Crippen LogP contribution in [-0.2, 0) is 13.2 Å². The number of carbonyl (C=O) groups excluding carboxylic acids is 1. The van der Waals surface area contributed by atoms with Crippen molar-refractivity contribution >= 4 is 23.5 Å². The molecule has 0 spiro atoms. The minimum Gasteiger partial charge on any atom is -0.488 e. The molecule has 5 rings (SSSR count). The van der Waals surface area contributed by atoms with Crippen molar-refractivity contribution in [1.29, 1.82) is 0 Å². The summed E-state index contributed by atoms with van der Waals surface area (Å²) >= 11 is 0. The van der Waals surface area contributed by atoms with Gasteiger partial charge in [0, 0.05) is 60.6 Å². The highest BCUT2D eigenvalue weighted by atomic mass is 16.6. The van der Waals surface area contributed by atoms with Crippen LogP contribution in [0.25, 0.3) is 5.69 Å². The molecular formula is C34H33N5O6. The highest BCUT2D eigenvalue weighted by molar-refractivity contribution is 5.93. The van der Waals surface area contributed by atoms with E-state index in [9.17, 15) is 14.9 Å². The number of ether oxygens (including phenoxy) is 2. The van der Waals surface area contributed by atoms with Gasteiger partial charge in [-0.15, -0.1) is 0 Å². The van der Waals surface area contributed by atoms with Crippen LogP contribution in [0, 0.1) is 24.0 Å². The quantitative estimate of drug-likeness (QED) is 0.0965. The van der Waals surface area contributed by atoms with E-state index in [1.165, 1.54) is 18.3 Å². The number of amides is 1. The van der Waals surface area contributed by atoms with E-state index in [0.29, 0.717) is 22.8 Å².